The van der Waals surface area contributed by atoms with E-state index in [1.165, 1.54) is 27.3 Å². The zero-order valence-corrected chi connectivity index (χ0v) is 16.2. The van der Waals surface area contributed by atoms with Gasteiger partial charge in [-0.25, -0.2) is 13.2 Å². The highest BCUT2D eigenvalue weighted by Crippen LogP contribution is 2.32. The van der Waals surface area contributed by atoms with Crippen LogP contribution in [-0.4, -0.2) is 29.6 Å². The number of hydrogen-bond acceptors (Lipinski definition) is 5. The van der Waals surface area contributed by atoms with E-state index in [2.05, 4.69) is 10.0 Å². The second kappa shape index (κ2) is 6.13. The number of sulfonamides is 1. The van der Waals surface area contributed by atoms with Crippen molar-refractivity contribution in [1.82, 2.24) is 9.13 Å². The minimum absolute atomic E-state index is 0.0215. The van der Waals surface area contributed by atoms with Gasteiger partial charge in [0.25, 0.3) is 15.9 Å². The van der Waals surface area contributed by atoms with Gasteiger partial charge in [0.1, 0.15) is 5.75 Å². The number of imidazole rings is 1. The molecule has 0 bridgehead atoms. The van der Waals surface area contributed by atoms with E-state index in [0.29, 0.717) is 28.2 Å². The molecule has 1 aliphatic heterocycles. The molecule has 10 heteroatoms. The van der Waals surface area contributed by atoms with Gasteiger partial charge in [0.05, 0.1) is 27.3 Å². The van der Waals surface area contributed by atoms with Crippen molar-refractivity contribution in [2.75, 3.05) is 10.0 Å². The summed E-state index contributed by atoms with van der Waals surface area (Å²) in [6, 6.07) is 9.12. The lowest BCUT2D eigenvalue weighted by molar-refractivity contribution is -0.122. The maximum Gasteiger partial charge on any atom is 0.328 e. The molecule has 0 saturated carbocycles. The number of fused-ring (bicyclic) bond motifs is 2. The van der Waals surface area contributed by atoms with E-state index >= 15 is 0 Å². The first-order valence-electron chi connectivity index (χ1n) is 8.47. The molecule has 0 aliphatic carbocycles. The molecule has 4 rings (SSSR count). The van der Waals surface area contributed by atoms with E-state index < -0.39 is 16.1 Å². The second-order valence-electron chi connectivity index (χ2n) is 6.62. The summed E-state index contributed by atoms with van der Waals surface area (Å²) in [7, 11) is -0.641. The number of nitrogens with one attached hydrogen (secondary N) is 2. The minimum Gasteiger partial charge on any atom is -0.479 e. The molecule has 28 heavy (non-hydrogen) atoms. The van der Waals surface area contributed by atoms with Gasteiger partial charge in [-0.2, -0.15) is 0 Å². The SMILES string of the molecule is C[C@H]1Oc2ccc(S(=O)(=O)Nc3ccc4c(c3)n(C)c(=O)n4C)cc2NC1=O. The number of hydrogen-bond donors (Lipinski definition) is 2. The average Bonchev–Trinajstić information content (AvgIpc) is 2.86. The molecule has 0 fully saturated rings. The molecule has 1 amide bonds. The van der Waals surface area contributed by atoms with E-state index in [1.807, 2.05) is 0 Å². The van der Waals surface area contributed by atoms with Crippen molar-refractivity contribution in [1.29, 1.82) is 0 Å². The van der Waals surface area contributed by atoms with Crippen molar-refractivity contribution < 1.29 is 17.9 Å². The molecule has 146 valence electrons. The van der Waals surface area contributed by atoms with Crippen LogP contribution >= 0.6 is 0 Å². The summed E-state index contributed by atoms with van der Waals surface area (Å²) in [5, 5.41) is 2.63. The predicted molar refractivity (Wildman–Crippen MR) is 104 cm³/mol. The van der Waals surface area contributed by atoms with Gasteiger partial charge < -0.3 is 10.1 Å². The maximum absolute atomic E-state index is 12.8. The van der Waals surface area contributed by atoms with E-state index in [0.717, 1.165) is 0 Å². The number of ether oxygens (including phenoxy) is 1. The Hall–Kier alpha value is -3.27. The molecular weight excluding hydrogens is 384 g/mol. The van der Waals surface area contributed by atoms with Crippen molar-refractivity contribution in [3.05, 3.63) is 46.9 Å². The zero-order valence-electron chi connectivity index (χ0n) is 15.4. The van der Waals surface area contributed by atoms with Crippen LogP contribution < -0.4 is 20.5 Å². The number of nitrogens with zero attached hydrogens (tertiary/aromatic N) is 2. The first kappa shape index (κ1) is 18.1. The summed E-state index contributed by atoms with van der Waals surface area (Å²) >= 11 is 0. The summed E-state index contributed by atoms with van der Waals surface area (Å²) < 4.78 is 36.5. The van der Waals surface area contributed by atoms with Crippen LogP contribution in [0.1, 0.15) is 6.92 Å². The van der Waals surface area contributed by atoms with E-state index in [-0.39, 0.29) is 16.5 Å². The van der Waals surface area contributed by atoms with Gasteiger partial charge >= 0.3 is 5.69 Å². The lowest BCUT2D eigenvalue weighted by Crippen LogP contribution is -2.34. The molecule has 2 N–H and O–H groups in total. The molecule has 0 saturated heterocycles. The third kappa shape index (κ3) is 2.82. The molecule has 1 aromatic heterocycles. The Balaban J connectivity index is 1.69. The maximum atomic E-state index is 12.8. The van der Waals surface area contributed by atoms with Gasteiger partial charge in [0.2, 0.25) is 0 Å². The van der Waals surface area contributed by atoms with Crippen molar-refractivity contribution in [3.8, 4) is 5.75 Å². The fraction of sp³-hybridized carbons (Fsp3) is 0.222. The molecule has 0 unspecified atom stereocenters. The zero-order chi connectivity index (χ0) is 20.2. The molecule has 2 aromatic carbocycles. The Bertz CT molecular complexity index is 1290. The fourth-order valence-electron chi connectivity index (χ4n) is 3.14. The predicted octanol–water partition coefficient (Wildman–Crippen LogP) is 1.40. The number of aryl methyl sites for hydroxylation is 2. The van der Waals surface area contributed by atoms with E-state index in [9.17, 15) is 18.0 Å². The van der Waals surface area contributed by atoms with Gasteiger partial charge in [-0.05, 0) is 43.3 Å². The number of carbonyl (C=O) groups is 1. The van der Waals surface area contributed by atoms with Gasteiger partial charge in [-0.15, -0.1) is 0 Å². The first-order valence-corrected chi connectivity index (χ1v) is 9.95. The average molecular weight is 402 g/mol. The lowest BCUT2D eigenvalue weighted by Gasteiger charge is -2.23. The van der Waals surface area contributed by atoms with Crippen LogP contribution in [-0.2, 0) is 28.9 Å². The van der Waals surface area contributed by atoms with Crippen LogP contribution in [0.15, 0.2) is 46.1 Å². The smallest absolute Gasteiger partial charge is 0.328 e. The van der Waals surface area contributed by atoms with Gasteiger partial charge in [0, 0.05) is 14.1 Å². The van der Waals surface area contributed by atoms with Crippen molar-refractivity contribution in [2.24, 2.45) is 14.1 Å². The third-order valence-corrected chi connectivity index (χ3v) is 6.10. The van der Waals surface area contributed by atoms with Gasteiger partial charge in [0.15, 0.2) is 6.10 Å². The van der Waals surface area contributed by atoms with Crippen LogP contribution in [0.4, 0.5) is 11.4 Å². The summed E-state index contributed by atoms with van der Waals surface area (Å²) in [6.45, 7) is 1.61. The summed E-state index contributed by atoms with van der Waals surface area (Å²) in [5.41, 5.74) is 1.72. The summed E-state index contributed by atoms with van der Waals surface area (Å²) in [6.07, 6.45) is -0.641. The number of aromatic nitrogens is 2. The highest BCUT2D eigenvalue weighted by molar-refractivity contribution is 7.92. The summed E-state index contributed by atoms with van der Waals surface area (Å²) in [4.78, 5) is 23.8. The largest absolute Gasteiger partial charge is 0.479 e. The molecule has 2 heterocycles. The number of rotatable bonds is 3. The van der Waals surface area contributed by atoms with Gasteiger partial charge in [-0.1, -0.05) is 0 Å². The second-order valence-corrected chi connectivity index (χ2v) is 8.30. The van der Waals surface area contributed by atoms with Gasteiger partial charge in [-0.3, -0.25) is 18.7 Å². The van der Waals surface area contributed by atoms with Crippen molar-refractivity contribution >= 4 is 38.3 Å². The van der Waals surface area contributed by atoms with E-state index in [4.69, 9.17) is 4.74 Å². The number of amides is 1. The van der Waals surface area contributed by atoms with E-state index in [1.54, 1.807) is 39.2 Å². The lowest BCUT2D eigenvalue weighted by atomic mass is 10.2. The van der Waals surface area contributed by atoms with Crippen LogP contribution in [0, 0.1) is 0 Å². The normalized spacial score (nSPS) is 16.4. The highest BCUT2D eigenvalue weighted by atomic mass is 32.2. The molecule has 0 spiro atoms. The minimum atomic E-state index is -3.91. The molecular formula is C18H18N4O5S. The molecule has 9 nitrogen and oxygen atoms in total. The monoisotopic (exact) mass is 402 g/mol. The number of carbonyl (C=O) groups excluding carboxylic acids is 1. The summed E-state index contributed by atoms with van der Waals surface area (Å²) in [5.74, 6) is 0.0669. The Morgan fingerprint density at radius 2 is 1.75 bits per heavy atom. The topological polar surface area (TPSA) is 111 Å². The molecule has 1 aliphatic rings. The quantitative estimate of drug-likeness (QED) is 0.688. The van der Waals surface area contributed by atoms with Crippen LogP contribution in [0.2, 0.25) is 0 Å². The van der Waals surface area contributed by atoms with Crippen molar-refractivity contribution in [2.45, 2.75) is 17.9 Å². The Labute approximate surface area is 160 Å². The number of benzene rings is 2. The highest BCUT2D eigenvalue weighted by Gasteiger charge is 2.25. The Kier molecular flexibility index (Phi) is 3.96. The Morgan fingerprint density at radius 1 is 1.04 bits per heavy atom. The van der Waals surface area contributed by atoms with Crippen LogP contribution in [0.25, 0.3) is 11.0 Å². The molecule has 0 radical (unpaired) electrons. The van der Waals surface area contributed by atoms with Crippen LogP contribution in [0.3, 0.4) is 0 Å². The number of anilines is 2. The molecule has 1 atom stereocenters. The Morgan fingerprint density at radius 3 is 2.50 bits per heavy atom. The standard InChI is InChI=1S/C18H18N4O5S/c1-10-17(23)19-13-9-12(5-7-16(13)27-10)28(25,26)20-11-4-6-14-15(8-11)22(3)18(24)21(14)2/h4-10,20H,1-3H3,(H,19,23)/t10-/m1/s1. The fourth-order valence-corrected chi connectivity index (χ4v) is 4.21. The van der Waals surface area contributed by atoms with Crippen LogP contribution in [0.5, 0.6) is 5.75 Å². The molecule has 3 aromatic rings. The van der Waals surface area contributed by atoms with Crippen molar-refractivity contribution in [3.63, 3.8) is 0 Å². The first-order chi connectivity index (χ1) is 13.2. The third-order valence-electron chi connectivity index (χ3n) is 4.72.